The average molecular weight is 264 g/mol. The first-order chi connectivity index (χ1) is 9.06. The van der Waals surface area contributed by atoms with Gasteiger partial charge in [0.05, 0.1) is 12.1 Å². The normalized spacial score (nSPS) is 11.1. The topological polar surface area (TPSA) is 99.0 Å². The number of anilines is 1. The Kier molecular flexibility index (Phi) is 5.53. The van der Waals surface area contributed by atoms with Crippen molar-refractivity contribution >= 4 is 23.3 Å². The molecule has 1 aromatic carbocycles. The Morgan fingerprint density at radius 3 is 2.32 bits per heavy atom. The summed E-state index contributed by atoms with van der Waals surface area (Å²) in [6.45, 7) is 1.76. The number of carboxylic acids is 1. The number of nitrogens with one attached hydrogen (secondary N) is 1. The van der Waals surface area contributed by atoms with Crippen LogP contribution in [-0.4, -0.2) is 27.9 Å². The molecule has 0 bridgehead atoms. The number of hydrogen-bond donors (Lipinski definition) is 3. The molecule has 1 amide bonds. The van der Waals surface area contributed by atoms with Gasteiger partial charge >= 0.3 is 5.97 Å². The van der Waals surface area contributed by atoms with Gasteiger partial charge in [0, 0.05) is 18.5 Å². The maximum atomic E-state index is 11.2. The van der Waals surface area contributed by atoms with Gasteiger partial charge in [0.1, 0.15) is 0 Å². The molecule has 0 aliphatic heterocycles. The lowest BCUT2D eigenvalue weighted by atomic mass is 10.1. The lowest BCUT2D eigenvalue weighted by molar-refractivity contribution is -0.136. The van der Waals surface area contributed by atoms with Crippen molar-refractivity contribution in [3.05, 3.63) is 29.8 Å². The van der Waals surface area contributed by atoms with E-state index in [0.29, 0.717) is 23.4 Å². The highest BCUT2D eigenvalue weighted by molar-refractivity contribution is 6.01. The summed E-state index contributed by atoms with van der Waals surface area (Å²) in [7, 11) is 0. The van der Waals surface area contributed by atoms with Gasteiger partial charge < -0.3 is 15.6 Å². The zero-order valence-corrected chi connectivity index (χ0v) is 10.6. The number of carbonyl (C=O) groups excluding carboxylic acids is 1. The van der Waals surface area contributed by atoms with Crippen LogP contribution in [0.3, 0.4) is 0 Å². The van der Waals surface area contributed by atoms with E-state index in [2.05, 4.69) is 10.5 Å². The minimum Gasteiger partial charge on any atom is -0.481 e. The van der Waals surface area contributed by atoms with E-state index in [-0.39, 0.29) is 18.7 Å². The Morgan fingerprint density at radius 2 is 1.84 bits per heavy atom. The van der Waals surface area contributed by atoms with Crippen LogP contribution in [0.2, 0.25) is 0 Å². The molecule has 102 valence electrons. The van der Waals surface area contributed by atoms with E-state index >= 15 is 0 Å². The van der Waals surface area contributed by atoms with Crippen molar-refractivity contribution in [2.75, 3.05) is 5.32 Å². The Labute approximate surface area is 110 Å². The Morgan fingerprint density at radius 1 is 1.21 bits per heavy atom. The highest BCUT2D eigenvalue weighted by atomic mass is 16.4. The van der Waals surface area contributed by atoms with Gasteiger partial charge in [-0.3, -0.25) is 9.59 Å². The molecular formula is C13H16N2O4. The summed E-state index contributed by atoms with van der Waals surface area (Å²) in [6, 6.07) is 6.69. The third kappa shape index (κ3) is 4.79. The molecule has 0 saturated carbocycles. The number of nitrogens with zero attached hydrogens (tertiary/aromatic N) is 1. The fraction of sp³-hybridized carbons (Fsp3) is 0.308. The quantitative estimate of drug-likeness (QED) is 0.416. The predicted molar refractivity (Wildman–Crippen MR) is 70.6 cm³/mol. The predicted octanol–water partition coefficient (Wildman–Crippen LogP) is 2.08. The van der Waals surface area contributed by atoms with Gasteiger partial charge in [0.2, 0.25) is 5.91 Å². The van der Waals surface area contributed by atoms with E-state index in [9.17, 15) is 9.59 Å². The maximum absolute atomic E-state index is 11.2. The van der Waals surface area contributed by atoms with Gasteiger partial charge in [-0.25, -0.2) is 0 Å². The van der Waals surface area contributed by atoms with Crippen LogP contribution in [0, 0.1) is 0 Å². The van der Waals surface area contributed by atoms with Crippen molar-refractivity contribution in [3.8, 4) is 0 Å². The summed E-state index contributed by atoms with van der Waals surface area (Å²) in [5, 5.41) is 23.3. The summed E-state index contributed by atoms with van der Waals surface area (Å²) < 4.78 is 0. The van der Waals surface area contributed by atoms with Crippen LogP contribution in [0.25, 0.3) is 0 Å². The molecular weight excluding hydrogens is 248 g/mol. The Hall–Kier alpha value is -2.37. The molecule has 0 unspecified atom stereocenters. The number of rotatable bonds is 6. The third-order valence-electron chi connectivity index (χ3n) is 2.52. The molecule has 1 aromatic rings. The number of oxime groups is 1. The van der Waals surface area contributed by atoms with E-state index in [1.54, 1.807) is 31.2 Å². The largest absolute Gasteiger partial charge is 0.481 e. The van der Waals surface area contributed by atoms with E-state index < -0.39 is 5.97 Å². The van der Waals surface area contributed by atoms with Gasteiger partial charge in [-0.05, 0) is 17.7 Å². The minimum absolute atomic E-state index is 0.0883. The minimum atomic E-state index is -0.951. The summed E-state index contributed by atoms with van der Waals surface area (Å²) in [6.07, 6.45) is 0.434. The zero-order valence-electron chi connectivity index (χ0n) is 10.6. The van der Waals surface area contributed by atoms with E-state index in [4.69, 9.17) is 10.3 Å². The van der Waals surface area contributed by atoms with Crippen LogP contribution in [0.15, 0.2) is 29.4 Å². The first kappa shape index (κ1) is 14.7. The number of aliphatic carboxylic acids is 1. The molecule has 0 spiro atoms. The lowest BCUT2D eigenvalue weighted by Crippen LogP contribution is -2.10. The number of carboxylic acid groups (broad SMARTS) is 1. The van der Waals surface area contributed by atoms with Crippen LogP contribution in [0.5, 0.6) is 0 Å². The first-order valence-corrected chi connectivity index (χ1v) is 5.89. The molecule has 3 N–H and O–H groups in total. The van der Waals surface area contributed by atoms with Crippen LogP contribution in [0.1, 0.15) is 31.7 Å². The van der Waals surface area contributed by atoms with Crippen LogP contribution in [0.4, 0.5) is 5.69 Å². The first-order valence-electron chi connectivity index (χ1n) is 5.89. The summed E-state index contributed by atoms with van der Waals surface area (Å²) in [4.78, 5) is 21.7. The third-order valence-corrected chi connectivity index (χ3v) is 2.52. The average Bonchev–Trinajstić information content (AvgIpc) is 2.40. The second kappa shape index (κ2) is 7.15. The lowest BCUT2D eigenvalue weighted by Gasteiger charge is -2.06. The Balaban J connectivity index is 2.73. The van der Waals surface area contributed by atoms with Crippen LogP contribution >= 0.6 is 0 Å². The van der Waals surface area contributed by atoms with Gasteiger partial charge in [-0.15, -0.1) is 0 Å². The van der Waals surface area contributed by atoms with Gasteiger partial charge in [0.15, 0.2) is 0 Å². The van der Waals surface area contributed by atoms with Crippen LogP contribution in [-0.2, 0) is 9.59 Å². The molecule has 0 atom stereocenters. The molecule has 1 rings (SSSR count). The van der Waals surface area contributed by atoms with Crippen molar-refractivity contribution in [1.82, 2.24) is 0 Å². The van der Waals surface area contributed by atoms with Crippen molar-refractivity contribution in [2.45, 2.75) is 26.2 Å². The standard InChI is InChI=1S/C13H16N2O4/c1-2-12(16)14-10-5-3-9(4-6-10)11(15-19)7-8-13(17)18/h3-6,19H,2,7-8H2,1H3,(H,14,16)(H,17,18). The van der Waals surface area contributed by atoms with Crippen molar-refractivity contribution in [2.24, 2.45) is 5.16 Å². The maximum Gasteiger partial charge on any atom is 0.303 e. The SMILES string of the molecule is CCC(=O)Nc1ccc(C(CCC(=O)O)=NO)cc1. The fourth-order valence-electron chi connectivity index (χ4n) is 1.47. The van der Waals surface area contributed by atoms with E-state index in [1.165, 1.54) is 0 Å². The monoisotopic (exact) mass is 264 g/mol. The number of hydrogen-bond acceptors (Lipinski definition) is 4. The molecule has 0 heterocycles. The molecule has 6 nitrogen and oxygen atoms in total. The number of benzene rings is 1. The van der Waals surface area contributed by atoms with Crippen molar-refractivity contribution in [3.63, 3.8) is 0 Å². The van der Waals surface area contributed by atoms with Gasteiger partial charge in [0.25, 0.3) is 0 Å². The summed E-state index contributed by atoms with van der Waals surface area (Å²) in [5.74, 6) is -1.04. The molecule has 19 heavy (non-hydrogen) atoms. The molecule has 0 saturated heterocycles. The van der Waals surface area contributed by atoms with Crippen molar-refractivity contribution in [1.29, 1.82) is 0 Å². The Bertz CT molecular complexity index is 480. The molecule has 0 aliphatic rings. The molecule has 6 heteroatoms. The smallest absolute Gasteiger partial charge is 0.303 e. The highest BCUT2D eigenvalue weighted by Gasteiger charge is 2.08. The summed E-state index contributed by atoms with van der Waals surface area (Å²) in [5.41, 5.74) is 1.57. The van der Waals surface area contributed by atoms with Crippen molar-refractivity contribution < 1.29 is 19.9 Å². The van der Waals surface area contributed by atoms with Gasteiger partial charge in [-0.2, -0.15) is 0 Å². The molecule has 0 radical (unpaired) electrons. The second-order valence-corrected chi connectivity index (χ2v) is 3.92. The van der Waals surface area contributed by atoms with E-state index in [1.807, 2.05) is 0 Å². The summed E-state index contributed by atoms with van der Waals surface area (Å²) >= 11 is 0. The fourth-order valence-corrected chi connectivity index (χ4v) is 1.47. The number of carbonyl (C=O) groups is 2. The zero-order chi connectivity index (χ0) is 14.3. The van der Waals surface area contributed by atoms with Crippen LogP contribution < -0.4 is 5.32 Å². The molecule has 0 aliphatic carbocycles. The number of amides is 1. The molecule has 0 fully saturated rings. The second-order valence-electron chi connectivity index (χ2n) is 3.92. The van der Waals surface area contributed by atoms with Gasteiger partial charge in [-0.1, -0.05) is 24.2 Å². The van der Waals surface area contributed by atoms with E-state index in [0.717, 1.165) is 0 Å². The highest BCUT2D eigenvalue weighted by Crippen LogP contribution is 2.13. The molecule has 0 aromatic heterocycles.